The molecule has 1 aromatic rings. The summed E-state index contributed by atoms with van der Waals surface area (Å²) in [6.07, 6.45) is 2.43. The normalized spacial score (nSPS) is 21.4. The van der Waals surface area contributed by atoms with Gasteiger partial charge in [0.1, 0.15) is 5.82 Å². The fourth-order valence-corrected chi connectivity index (χ4v) is 3.22. The number of rotatable bonds is 7. The monoisotopic (exact) mass is 294 g/mol. The molecule has 4 heteroatoms. The van der Waals surface area contributed by atoms with Gasteiger partial charge in [0, 0.05) is 31.8 Å². The highest BCUT2D eigenvalue weighted by molar-refractivity contribution is 5.21. The number of likely N-dealkylation sites (N-methyl/N-ethyl adjacent to an activating group) is 1. The molecule has 21 heavy (non-hydrogen) atoms. The third-order valence-electron chi connectivity index (χ3n) is 4.18. The molecular weight excluding hydrogens is 267 g/mol. The zero-order chi connectivity index (χ0) is 15.1. The smallest absolute Gasteiger partial charge is 0.128 e. The molecule has 1 aliphatic heterocycles. The van der Waals surface area contributed by atoms with Gasteiger partial charge in [-0.1, -0.05) is 25.1 Å². The van der Waals surface area contributed by atoms with Gasteiger partial charge in [-0.25, -0.2) is 4.39 Å². The van der Waals surface area contributed by atoms with Crippen molar-refractivity contribution in [2.75, 3.05) is 39.9 Å². The van der Waals surface area contributed by atoms with Crippen LogP contribution in [0, 0.1) is 11.7 Å². The standard InChI is InChI=1S/C17H27FN2O/c1-3-19-17(15-8-4-5-9-16(15)18)12-20-10-6-7-14(11-20)13-21-2/h4-5,8-9,14,17,19H,3,6-7,10-13H2,1-2H3. The SMILES string of the molecule is CCNC(CN1CCCC(COC)C1)c1ccccc1F. The first-order valence-electron chi connectivity index (χ1n) is 7.93. The third kappa shape index (κ3) is 4.77. The maximum Gasteiger partial charge on any atom is 0.128 e. The van der Waals surface area contributed by atoms with Crippen LogP contribution in [0.4, 0.5) is 4.39 Å². The number of hydrogen-bond donors (Lipinski definition) is 1. The molecule has 1 aliphatic rings. The highest BCUT2D eigenvalue weighted by Gasteiger charge is 2.23. The van der Waals surface area contributed by atoms with Gasteiger partial charge in [0.2, 0.25) is 0 Å². The molecule has 2 atom stereocenters. The largest absolute Gasteiger partial charge is 0.384 e. The van der Waals surface area contributed by atoms with Crippen LogP contribution in [0.5, 0.6) is 0 Å². The minimum Gasteiger partial charge on any atom is -0.384 e. The van der Waals surface area contributed by atoms with Gasteiger partial charge in [-0.2, -0.15) is 0 Å². The molecule has 2 unspecified atom stereocenters. The highest BCUT2D eigenvalue weighted by Crippen LogP contribution is 2.22. The Labute approximate surface area is 127 Å². The molecule has 1 heterocycles. The number of benzene rings is 1. The predicted octanol–water partition coefficient (Wildman–Crippen LogP) is 2.83. The number of nitrogens with zero attached hydrogens (tertiary/aromatic N) is 1. The van der Waals surface area contributed by atoms with Gasteiger partial charge in [-0.05, 0) is 37.9 Å². The average Bonchev–Trinajstić information content (AvgIpc) is 2.48. The van der Waals surface area contributed by atoms with E-state index in [9.17, 15) is 4.39 Å². The molecular formula is C17H27FN2O. The summed E-state index contributed by atoms with van der Waals surface area (Å²) >= 11 is 0. The van der Waals surface area contributed by atoms with Crippen molar-refractivity contribution in [1.29, 1.82) is 0 Å². The van der Waals surface area contributed by atoms with Crippen LogP contribution in [0.2, 0.25) is 0 Å². The van der Waals surface area contributed by atoms with E-state index < -0.39 is 0 Å². The molecule has 0 radical (unpaired) electrons. The van der Waals surface area contributed by atoms with E-state index in [4.69, 9.17) is 4.74 Å². The van der Waals surface area contributed by atoms with E-state index in [0.717, 1.165) is 38.3 Å². The Balaban J connectivity index is 2.01. The summed E-state index contributed by atoms with van der Waals surface area (Å²) in [6, 6.07) is 7.14. The van der Waals surface area contributed by atoms with Crippen molar-refractivity contribution in [3.8, 4) is 0 Å². The first kappa shape index (κ1) is 16.4. The molecule has 1 fully saturated rings. The fourth-order valence-electron chi connectivity index (χ4n) is 3.22. The number of piperidine rings is 1. The Morgan fingerprint density at radius 1 is 1.43 bits per heavy atom. The molecule has 2 rings (SSSR count). The summed E-state index contributed by atoms with van der Waals surface area (Å²) in [6.45, 7) is 6.73. The van der Waals surface area contributed by atoms with Crippen LogP contribution in [0.25, 0.3) is 0 Å². The van der Waals surface area contributed by atoms with Gasteiger partial charge in [0.15, 0.2) is 0 Å². The van der Waals surface area contributed by atoms with Gasteiger partial charge in [-0.3, -0.25) is 0 Å². The van der Waals surface area contributed by atoms with Crippen molar-refractivity contribution >= 4 is 0 Å². The van der Waals surface area contributed by atoms with Gasteiger partial charge < -0.3 is 15.0 Å². The second-order valence-electron chi connectivity index (χ2n) is 5.85. The molecule has 118 valence electrons. The van der Waals surface area contributed by atoms with Gasteiger partial charge >= 0.3 is 0 Å². The van der Waals surface area contributed by atoms with Crippen LogP contribution in [-0.4, -0.2) is 44.8 Å². The number of methoxy groups -OCH3 is 1. The second kappa shape index (κ2) is 8.47. The first-order valence-corrected chi connectivity index (χ1v) is 7.93. The molecule has 0 bridgehead atoms. The topological polar surface area (TPSA) is 24.5 Å². The number of nitrogens with one attached hydrogen (secondary N) is 1. The molecule has 1 N–H and O–H groups in total. The predicted molar refractivity (Wildman–Crippen MR) is 83.9 cm³/mol. The molecule has 0 saturated carbocycles. The minimum absolute atomic E-state index is 0.0532. The highest BCUT2D eigenvalue weighted by atomic mass is 19.1. The van der Waals surface area contributed by atoms with Crippen LogP contribution < -0.4 is 5.32 Å². The van der Waals surface area contributed by atoms with Crippen LogP contribution in [0.3, 0.4) is 0 Å². The quantitative estimate of drug-likeness (QED) is 0.837. The van der Waals surface area contributed by atoms with Gasteiger partial charge in [0.05, 0.1) is 6.61 Å². The fraction of sp³-hybridized carbons (Fsp3) is 0.647. The Bertz CT molecular complexity index is 425. The summed E-state index contributed by atoms with van der Waals surface area (Å²) in [4.78, 5) is 2.44. The second-order valence-corrected chi connectivity index (χ2v) is 5.85. The lowest BCUT2D eigenvalue weighted by atomic mass is 9.97. The van der Waals surface area contributed by atoms with Gasteiger partial charge in [0.25, 0.3) is 0 Å². The Kier molecular flexibility index (Phi) is 6.61. The third-order valence-corrected chi connectivity index (χ3v) is 4.18. The molecule has 1 saturated heterocycles. The average molecular weight is 294 g/mol. The van der Waals surface area contributed by atoms with Crippen molar-refractivity contribution in [3.05, 3.63) is 35.6 Å². The Morgan fingerprint density at radius 2 is 2.24 bits per heavy atom. The summed E-state index contributed by atoms with van der Waals surface area (Å²) < 4.78 is 19.3. The first-order chi connectivity index (χ1) is 10.2. The maximum atomic E-state index is 14.0. The number of ether oxygens (including phenoxy) is 1. The van der Waals surface area contributed by atoms with Crippen molar-refractivity contribution < 1.29 is 9.13 Å². The van der Waals surface area contributed by atoms with E-state index in [0.29, 0.717) is 5.92 Å². The van der Waals surface area contributed by atoms with Crippen molar-refractivity contribution in [2.45, 2.75) is 25.8 Å². The Hall–Kier alpha value is -0.970. The molecule has 3 nitrogen and oxygen atoms in total. The summed E-state index contributed by atoms with van der Waals surface area (Å²) in [5.41, 5.74) is 0.771. The number of halogens is 1. The Morgan fingerprint density at radius 3 is 2.95 bits per heavy atom. The zero-order valence-corrected chi connectivity index (χ0v) is 13.1. The van der Waals surface area contributed by atoms with E-state index in [2.05, 4.69) is 17.1 Å². The summed E-state index contributed by atoms with van der Waals surface area (Å²) in [5, 5.41) is 3.42. The van der Waals surface area contributed by atoms with E-state index in [1.165, 1.54) is 12.8 Å². The van der Waals surface area contributed by atoms with Crippen molar-refractivity contribution in [1.82, 2.24) is 10.2 Å². The zero-order valence-electron chi connectivity index (χ0n) is 13.1. The summed E-state index contributed by atoms with van der Waals surface area (Å²) in [5.74, 6) is 0.487. The number of hydrogen-bond acceptors (Lipinski definition) is 3. The lowest BCUT2D eigenvalue weighted by Crippen LogP contribution is -2.42. The van der Waals surface area contributed by atoms with Crippen LogP contribution >= 0.6 is 0 Å². The molecule has 0 aromatic heterocycles. The lowest BCUT2D eigenvalue weighted by molar-refractivity contribution is 0.0855. The van der Waals surface area contributed by atoms with E-state index >= 15 is 0 Å². The molecule has 0 spiro atoms. The number of likely N-dealkylation sites (tertiary alicyclic amines) is 1. The maximum absolute atomic E-state index is 14.0. The van der Waals surface area contributed by atoms with Crippen LogP contribution in [0.15, 0.2) is 24.3 Å². The molecule has 1 aromatic carbocycles. The van der Waals surface area contributed by atoms with E-state index in [1.54, 1.807) is 19.2 Å². The molecule has 0 aliphatic carbocycles. The van der Waals surface area contributed by atoms with Gasteiger partial charge in [-0.15, -0.1) is 0 Å². The molecule has 0 amide bonds. The summed E-state index contributed by atoms with van der Waals surface area (Å²) in [7, 11) is 1.76. The van der Waals surface area contributed by atoms with E-state index in [-0.39, 0.29) is 11.9 Å². The van der Waals surface area contributed by atoms with Crippen LogP contribution in [0.1, 0.15) is 31.4 Å². The van der Waals surface area contributed by atoms with Crippen LogP contribution in [-0.2, 0) is 4.74 Å². The van der Waals surface area contributed by atoms with Crippen molar-refractivity contribution in [2.24, 2.45) is 5.92 Å². The van der Waals surface area contributed by atoms with E-state index in [1.807, 2.05) is 12.1 Å². The lowest BCUT2D eigenvalue weighted by Gasteiger charge is -2.35. The minimum atomic E-state index is -0.117. The van der Waals surface area contributed by atoms with Crippen molar-refractivity contribution in [3.63, 3.8) is 0 Å².